The molecule has 0 aromatic carbocycles. The molecule has 0 amide bonds. The maximum absolute atomic E-state index is 11.2. The molecule has 0 aliphatic heterocycles. The van der Waals surface area contributed by atoms with Crippen LogP contribution in [0.15, 0.2) is 11.6 Å². The van der Waals surface area contributed by atoms with E-state index >= 15 is 0 Å². The van der Waals surface area contributed by atoms with Crippen molar-refractivity contribution in [3.63, 3.8) is 0 Å². The molecule has 1 aliphatic carbocycles. The third-order valence-electron chi connectivity index (χ3n) is 2.52. The van der Waals surface area contributed by atoms with Crippen LogP contribution in [-0.4, -0.2) is 18.4 Å². The van der Waals surface area contributed by atoms with Gasteiger partial charge in [-0.3, -0.25) is 4.79 Å². The molecule has 1 aliphatic rings. The van der Waals surface area contributed by atoms with Crippen molar-refractivity contribution >= 4 is 11.8 Å². The molecule has 0 saturated heterocycles. The predicted octanol–water partition coefficient (Wildman–Crippen LogP) is 2.40. The second-order valence-corrected chi connectivity index (χ2v) is 3.80. The molecule has 3 heteroatoms. The minimum Gasteiger partial charge on any atom is -0.463 e. The number of allylic oxidation sites excluding steroid dienone is 1. The molecule has 3 nitrogen and oxygen atoms in total. The van der Waals surface area contributed by atoms with Crippen molar-refractivity contribution in [1.82, 2.24) is 0 Å². The van der Waals surface area contributed by atoms with E-state index in [1.54, 1.807) is 13.0 Å². The Labute approximate surface area is 90.5 Å². The molecule has 0 N–H and O–H groups in total. The molecule has 0 radical (unpaired) electrons. The highest BCUT2D eigenvalue weighted by Gasteiger charge is 2.10. The molecule has 0 atom stereocenters. The van der Waals surface area contributed by atoms with Gasteiger partial charge in [-0.15, -0.1) is 0 Å². The highest BCUT2D eigenvalue weighted by molar-refractivity contribution is 5.83. The lowest BCUT2D eigenvalue weighted by Crippen LogP contribution is -2.05. The fraction of sp³-hybridized carbons (Fsp3) is 0.667. The molecular weight excluding hydrogens is 192 g/mol. The van der Waals surface area contributed by atoms with Gasteiger partial charge in [0.05, 0.1) is 6.61 Å². The number of hydrogen-bond acceptors (Lipinski definition) is 3. The van der Waals surface area contributed by atoms with E-state index in [9.17, 15) is 9.59 Å². The summed E-state index contributed by atoms with van der Waals surface area (Å²) in [5.74, 6) is 0.101. The van der Waals surface area contributed by atoms with Gasteiger partial charge in [-0.2, -0.15) is 0 Å². The van der Waals surface area contributed by atoms with Crippen molar-refractivity contribution in [2.24, 2.45) is 0 Å². The molecule has 0 aromatic rings. The average molecular weight is 210 g/mol. The van der Waals surface area contributed by atoms with E-state index in [0.717, 1.165) is 31.3 Å². The molecular formula is C12H18O3. The van der Waals surface area contributed by atoms with Gasteiger partial charge in [0.25, 0.3) is 0 Å². The van der Waals surface area contributed by atoms with E-state index in [4.69, 9.17) is 4.74 Å². The third-order valence-corrected chi connectivity index (χ3v) is 2.52. The first-order valence-electron chi connectivity index (χ1n) is 5.60. The molecule has 1 fully saturated rings. The van der Waals surface area contributed by atoms with Crippen LogP contribution < -0.4 is 0 Å². The van der Waals surface area contributed by atoms with Gasteiger partial charge >= 0.3 is 5.97 Å². The summed E-state index contributed by atoms with van der Waals surface area (Å²) >= 11 is 0. The summed E-state index contributed by atoms with van der Waals surface area (Å²) < 4.78 is 4.86. The zero-order valence-electron chi connectivity index (χ0n) is 9.25. The van der Waals surface area contributed by atoms with Crippen molar-refractivity contribution in [3.8, 4) is 0 Å². The van der Waals surface area contributed by atoms with Crippen LogP contribution in [0.1, 0.15) is 45.4 Å². The zero-order valence-corrected chi connectivity index (χ0v) is 9.25. The highest BCUT2D eigenvalue weighted by atomic mass is 16.5. The first-order valence-corrected chi connectivity index (χ1v) is 5.60. The number of hydrogen-bond donors (Lipinski definition) is 0. The highest BCUT2D eigenvalue weighted by Crippen LogP contribution is 2.19. The Balaban J connectivity index is 2.47. The molecule has 0 unspecified atom stereocenters. The molecule has 1 rings (SSSR count). The zero-order chi connectivity index (χ0) is 11.1. The van der Waals surface area contributed by atoms with Crippen LogP contribution in [-0.2, 0) is 14.3 Å². The average Bonchev–Trinajstić information content (AvgIpc) is 2.14. The second kappa shape index (κ2) is 6.38. The van der Waals surface area contributed by atoms with Crippen molar-refractivity contribution in [2.45, 2.75) is 45.4 Å². The van der Waals surface area contributed by atoms with Gasteiger partial charge in [-0.05, 0) is 32.6 Å². The topological polar surface area (TPSA) is 43.4 Å². The third kappa shape index (κ3) is 4.77. The SMILES string of the molecule is CCOC(=O)C=C1CCCC(=O)CCC1. The summed E-state index contributed by atoms with van der Waals surface area (Å²) in [4.78, 5) is 22.4. The fourth-order valence-electron chi connectivity index (χ4n) is 1.77. The van der Waals surface area contributed by atoms with Gasteiger partial charge < -0.3 is 4.74 Å². The second-order valence-electron chi connectivity index (χ2n) is 3.80. The van der Waals surface area contributed by atoms with Crippen molar-refractivity contribution in [2.75, 3.05) is 6.61 Å². The summed E-state index contributed by atoms with van der Waals surface area (Å²) in [7, 11) is 0. The first kappa shape index (κ1) is 12.0. The quantitative estimate of drug-likeness (QED) is 0.519. The van der Waals surface area contributed by atoms with Crippen molar-refractivity contribution < 1.29 is 14.3 Å². The van der Waals surface area contributed by atoms with Crippen LogP contribution in [0.2, 0.25) is 0 Å². The Morgan fingerprint density at radius 1 is 1.27 bits per heavy atom. The van der Waals surface area contributed by atoms with Crippen molar-refractivity contribution in [1.29, 1.82) is 0 Å². The van der Waals surface area contributed by atoms with Gasteiger partial charge in [0.1, 0.15) is 5.78 Å². The normalized spacial score (nSPS) is 17.9. The Hall–Kier alpha value is -1.12. The van der Waals surface area contributed by atoms with Crippen LogP contribution in [0.25, 0.3) is 0 Å². The van der Waals surface area contributed by atoms with Gasteiger partial charge in [0.15, 0.2) is 0 Å². The Kier molecular flexibility index (Phi) is 5.08. The molecule has 84 valence electrons. The number of ether oxygens (including phenoxy) is 1. The molecule has 0 bridgehead atoms. The summed E-state index contributed by atoms with van der Waals surface area (Å²) in [6.07, 6.45) is 6.34. The number of rotatable bonds is 2. The maximum Gasteiger partial charge on any atom is 0.330 e. The van der Waals surface area contributed by atoms with Crippen LogP contribution in [0.4, 0.5) is 0 Å². The lowest BCUT2D eigenvalue weighted by molar-refractivity contribution is -0.137. The Bertz CT molecular complexity index is 252. The van der Waals surface area contributed by atoms with Gasteiger partial charge in [0, 0.05) is 18.9 Å². The number of carbonyl (C=O) groups excluding carboxylic acids is 2. The fourth-order valence-corrected chi connectivity index (χ4v) is 1.77. The van der Waals surface area contributed by atoms with Gasteiger partial charge in [-0.25, -0.2) is 4.79 Å². The Morgan fingerprint density at radius 3 is 2.40 bits per heavy atom. The van der Waals surface area contributed by atoms with E-state index in [0.29, 0.717) is 25.2 Å². The largest absolute Gasteiger partial charge is 0.463 e. The summed E-state index contributed by atoms with van der Waals surface area (Å²) in [5.41, 5.74) is 1.13. The predicted molar refractivity (Wildman–Crippen MR) is 57.4 cm³/mol. The lowest BCUT2D eigenvalue weighted by Gasteiger charge is -2.10. The van der Waals surface area contributed by atoms with Crippen LogP contribution in [0.3, 0.4) is 0 Å². The van der Waals surface area contributed by atoms with Crippen molar-refractivity contribution in [3.05, 3.63) is 11.6 Å². The monoisotopic (exact) mass is 210 g/mol. The molecule has 0 aromatic heterocycles. The number of carbonyl (C=O) groups is 2. The molecule has 0 spiro atoms. The Morgan fingerprint density at radius 2 is 1.87 bits per heavy atom. The van der Waals surface area contributed by atoms with Crippen LogP contribution in [0, 0.1) is 0 Å². The van der Waals surface area contributed by atoms with Crippen LogP contribution in [0.5, 0.6) is 0 Å². The summed E-state index contributed by atoms with van der Waals surface area (Å²) in [6.45, 7) is 2.22. The van der Waals surface area contributed by atoms with E-state index in [1.807, 2.05) is 0 Å². The number of ketones is 1. The van der Waals surface area contributed by atoms with Crippen LogP contribution >= 0.6 is 0 Å². The van der Waals surface area contributed by atoms with E-state index in [-0.39, 0.29) is 5.97 Å². The standard InChI is InChI=1S/C12H18O3/c1-2-15-12(14)9-10-5-3-7-11(13)8-4-6-10/h9H,2-8H2,1H3. The van der Waals surface area contributed by atoms with Gasteiger partial charge in [-0.1, -0.05) is 5.57 Å². The molecule has 1 saturated carbocycles. The van der Waals surface area contributed by atoms with E-state index in [1.165, 1.54) is 0 Å². The molecule has 15 heavy (non-hydrogen) atoms. The smallest absolute Gasteiger partial charge is 0.330 e. The van der Waals surface area contributed by atoms with E-state index < -0.39 is 0 Å². The number of esters is 1. The van der Waals surface area contributed by atoms with E-state index in [2.05, 4.69) is 0 Å². The summed E-state index contributed by atoms with van der Waals surface area (Å²) in [6, 6.07) is 0. The minimum atomic E-state index is -0.251. The lowest BCUT2D eigenvalue weighted by atomic mass is 9.95. The first-order chi connectivity index (χ1) is 7.22. The van der Waals surface area contributed by atoms with Gasteiger partial charge in [0.2, 0.25) is 0 Å². The number of Topliss-reactive ketones (excluding diaryl/α,β-unsaturated/α-hetero) is 1. The summed E-state index contributed by atoms with van der Waals surface area (Å²) in [5, 5.41) is 0. The molecule has 0 heterocycles. The maximum atomic E-state index is 11.2. The minimum absolute atomic E-state index is 0.251.